The molecule has 1 saturated carbocycles. The van der Waals surface area contributed by atoms with Crippen LogP contribution in [0.15, 0.2) is 42.5 Å². The molecule has 2 saturated heterocycles. The lowest BCUT2D eigenvalue weighted by Crippen LogP contribution is -2.48. The van der Waals surface area contributed by atoms with Crippen molar-refractivity contribution in [2.24, 2.45) is 5.92 Å². The maximum atomic E-state index is 13.2. The van der Waals surface area contributed by atoms with E-state index in [1.807, 2.05) is 55.1 Å². The molecule has 2 heterocycles. The minimum Gasteiger partial charge on any atom is -0.339 e. The minimum absolute atomic E-state index is 0.168. The van der Waals surface area contributed by atoms with Crippen molar-refractivity contribution < 1.29 is 9.59 Å². The first-order valence-corrected chi connectivity index (χ1v) is 13.4. The van der Waals surface area contributed by atoms with Gasteiger partial charge in [0.2, 0.25) is 5.91 Å². The van der Waals surface area contributed by atoms with E-state index in [1.165, 1.54) is 0 Å². The summed E-state index contributed by atoms with van der Waals surface area (Å²) in [6, 6.07) is 14.7. The molecule has 0 bridgehead atoms. The van der Waals surface area contributed by atoms with E-state index in [0.29, 0.717) is 18.5 Å². The summed E-state index contributed by atoms with van der Waals surface area (Å²) >= 11 is 6.22. The van der Waals surface area contributed by atoms with E-state index in [1.54, 1.807) is 0 Å². The Hall–Kier alpha value is -2.37. The molecule has 2 amide bonds. The zero-order valence-corrected chi connectivity index (χ0v) is 21.6. The molecule has 6 heteroatoms. The number of amides is 2. The Kier molecular flexibility index (Phi) is 7.17. The molecule has 186 valence electrons. The maximum Gasteiger partial charge on any atom is 0.254 e. The van der Waals surface area contributed by atoms with Crippen LogP contribution in [-0.4, -0.2) is 64.8 Å². The summed E-state index contributed by atoms with van der Waals surface area (Å²) in [5.41, 5.74) is 4.07. The van der Waals surface area contributed by atoms with Crippen LogP contribution in [0.3, 0.4) is 0 Å². The highest BCUT2D eigenvalue weighted by Crippen LogP contribution is 2.34. The Bertz CT molecular complexity index is 1070. The van der Waals surface area contributed by atoms with Crippen LogP contribution in [-0.2, 0) is 11.3 Å². The first-order valence-electron chi connectivity index (χ1n) is 13.0. The summed E-state index contributed by atoms with van der Waals surface area (Å²) in [6.45, 7) is 8.22. The third kappa shape index (κ3) is 5.41. The van der Waals surface area contributed by atoms with Gasteiger partial charge >= 0.3 is 0 Å². The molecule has 2 aliphatic heterocycles. The van der Waals surface area contributed by atoms with Gasteiger partial charge < -0.3 is 9.80 Å². The van der Waals surface area contributed by atoms with Gasteiger partial charge in [0.15, 0.2) is 0 Å². The highest BCUT2D eigenvalue weighted by atomic mass is 35.5. The van der Waals surface area contributed by atoms with Crippen molar-refractivity contribution in [1.82, 2.24) is 14.7 Å². The van der Waals surface area contributed by atoms with E-state index in [4.69, 9.17) is 11.6 Å². The van der Waals surface area contributed by atoms with Crippen molar-refractivity contribution in [3.8, 4) is 0 Å². The number of carbonyl (C=O) groups is 2. The molecule has 0 radical (unpaired) electrons. The standard InChI is InChI=1S/C29H36ClN3O2/c1-20-5-3-6-21(2)27(20)29(35)31-14-11-25(12-15-31)32-16-13-26(19-32)33(28(34)23-9-10-23)18-22-7-4-8-24(30)17-22/h3-8,17,23,25-26H,9-16,18-19H2,1-2H3/t26-/m1/s1. The zero-order chi connectivity index (χ0) is 24.5. The number of piperidine rings is 1. The Morgan fingerprint density at radius 3 is 2.29 bits per heavy atom. The van der Waals surface area contributed by atoms with Gasteiger partial charge in [-0.2, -0.15) is 0 Å². The van der Waals surface area contributed by atoms with Gasteiger partial charge in [0.1, 0.15) is 0 Å². The highest BCUT2D eigenvalue weighted by Gasteiger charge is 2.40. The summed E-state index contributed by atoms with van der Waals surface area (Å²) in [7, 11) is 0. The van der Waals surface area contributed by atoms with Gasteiger partial charge in [0, 0.05) is 61.3 Å². The first kappa shape index (κ1) is 24.3. The summed E-state index contributed by atoms with van der Waals surface area (Å²) in [6.07, 6.45) is 5.05. The number of hydrogen-bond acceptors (Lipinski definition) is 3. The number of likely N-dealkylation sites (tertiary alicyclic amines) is 2. The third-order valence-corrected chi connectivity index (χ3v) is 8.29. The fourth-order valence-corrected chi connectivity index (χ4v) is 6.09. The summed E-state index contributed by atoms with van der Waals surface area (Å²) < 4.78 is 0. The lowest BCUT2D eigenvalue weighted by molar-refractivity contribution is -0.135. The van der Waals surface area contributed by atoms with E-state index >= 15 is 0 Å². The summed E-state index contributed by atoms with van der Waals surface area (Å²) in [5, 5.41) is 0.719. The SMILES string of the molecule is Cc1cccc(C)c1C(=O)N1CCC(N2CC[C@@H](N(Cc3cccc(Cl)c3)C(=O)C3CC3)C2)CC1. The van der Waals surface area contributed by atoms with Crippen molar-refractivity contribution in [3.63, 3.8) is 0 Å². The third-order valence-electron chi connectivity index (χ3n) is 8.05. The van der Waals surface area contributed by atoms with E-state index < -0.39 is 0 Å². The molecule has 0 N–H and O–H groups in total. The number of benzene rings is 2. The van der Waals surface area contributed by atoms with Gasteiger partial charge in [-0.25, -0.2) is 0 Å². The van der Waals surface area contributed by atoms with Crippen LogP contribution in [0, 0.1) is 19.8 Å². The molecule has 35 heavy (non-hydrogen) atoms. The second kappa shape index (κ2) is 10.3. The Balaban J connectivity index is 1.20. The molecule has 3 aliphatic rings. The number of hydrogen-bond donors (Lipinski definition) is 0. The second-order valence-corrected chi connectivity index (χ2v) is 11.0. The van der Waals surface area contributed by atoms with Crippen LogP contribution >= 0.6 is 11.6 Å². The van der Waals surface area contributed by atoms with Crippen LogP contribution in [0.2, 0.25) is 5.02 Å². The highest BCUT2D eigenvalue weighted by molar-refractivity contribution is 6.30. The molecule has 0 spiro atoms. The van der Waals surface area contributed by atoms with E-state index in [0.717, 1.165) is 85.6 Å². The van der Waals surface area contributed by atoms with Crippen molar-refractivity contribution in [1.29, 1.82) is 0 Å². The first-order chi connectivity index (χ1) is 16.9. The van der Waals surface area contributed by atoms with E-state index in [2.05, 4.69) is 15.9 Å². The van der Waals surface area contributed by atoms with Crippen molar-refractivity contribution in [2.45, 2.75) is 64.6 Å². The van der Waals surface area contributed by atoms with Crippen LogP contribution in [0.4, 0.5) is 0 Å². The number of carbonyl (C=O) groups excluding carboxylic acids is 2. The number of nitrogens with zero attached hydrogens (tertiary/aromatic N) is 3. The van der Waals surface area contributed by atoms with E-state index in [-0.39, 0.29) is 17.9 Å². The molecule has 1 atom stereocenters. The molecular weight excluding hydrogens is 458 g/mol. The predicted octanol–water partition coefficient (Wildman–Crippen LogP) is 5.07. The maximum absolute atomic E-state index is 13.2. The lowest BCUT2D eigenvalue weighted by Gasteiger charge is -2.37. The van der Waals surface area contributed by atoms with Gasteiger partial charge in [0.25, 0.3) is 5.91 Å². The zero-order valence-electron chi connectivity index (χ0n) is 20.9. The molecule has 5 nitrogen and oxygen atoms in total. The van der Waals surface area contributed by atoms with Gasteiger partial charge in [-0.3, -0.25) is 14.5 Å². The van der Waals surface area contributed by atoms with Crippen LogP contribution in [0.25, 0.3) is 0 Å². The minimum atomic E-state index is 0.168. The number of aryl methyl sites for hydroxylation is 2. The van der Waals surface area contributed by atoms with Gasteiger partial charge in [-0.05, 0) is 74.8 Å². The predicted molar refractivity (Wildman–Crippen MR) is 140 cm³/mol. The van der Waals surface area contributed by atoms with Gasteiger partial charge in [0.05, 0.1) is 0 Å². The number of halogens is 1. The molecule has 0 unspecified atom stereocenters. The topological polar surface area (TPSA) is 43.9 Å². The van der Waals surface area contributed by atoms with Crippen LogP contribution < -0.4 is 0 Å². The van der Waals surface area contributed by atoms with Gasteiger partial charge in [-0.15, -0.1) is 0 Å². The fourth-order valence-electron chi connectivity index (χ4n) is 5.88. The largest absolute Gasteiger partial charge is 0.339 e. The Labute approximate surface area is 214 Å². The molecule has 2 aromatic carbocycles. The molecule has 1 aliphatic carbocycles. The van der Waals surface area contributed by atoms with Crippen molar-refractivity contribution in [3.05, 3.63) is 69.7 Å². The summed E-state index contributed by atoms with van der Waals surface area (Å²) in [5.74, 6) is 0.689. The molecular formula is C29H36ClN3O2. The number of rotatable bonds is 6. The second-order valence-electron chi connectivity index (χ2n) is 10.6. The Morgan fingerprint density at radius 1 is 0.943 bits per heavy atom. The van der Waals surface area contributed by atoms with Crippen LogP contribution in [0.1, 0.15) is 59.2 Å². The van der Waals surface area contributed by atoms with Crippen molar-refractivity contribution in [2.75, 3.05) is 26.2 Å². The molecule has 2 aromatic rings. The monoisotopic (exact) mass is 493 g/mol. The van der Waals surface area contributed by atoms with Crippen molar-refractivity contribution >= 4 is 23.4 Å². The van der Waals surface area contributed by atoms with Gasteiger partial charge in [-0.1, -0.05) is 41.9 Å². The average molecular weight is 494 g/mol. The van der Waals surface area contributed by atoms with E-state index in [9.17, 15) is 9.59 Å². The normalized spacial score (nSPS) is 21.3. The average Bonchev–Trinajstić information content (AvgIpc) is 3.59. The Morgan fingerprint density at radius 2 is 1.63 bits per heavy atom. The lowest BCUT2D eigenvalue weighted by atomic mass is 9.98. The summed E-state index contributed by atoms with van der Waals surface area (Å²) in [4.78, 5) is 33.1. The van der Waals surface area contributed by atoms with Crippen LogP contribution in [0.5, 0.6) is 0 Å². The molecule has 0 aromatic heterocycles. The molecule has 5 rings (SSSR count). The smallest absolute Gasteiger partial charge is 0.254 e. The fraction of sp³-hybridized carbons (Fsp3) is 0.517. The quantitative estimate of drug-likeness (QED) is 0.564. The molecule has 3 fully saturated rings.